The van der Waals surface area contributed by atoms with E-state index in [0.29, 0.717) is 0 Å². The number of benzene rings is 1. The minimum Gasteiger partial charge on any atom is -0.361 e. The van der Waals surface area contributed by atoms with Crippen LogP contribution < -0.4 is 5.32 Å². The van der Waals surface area contributed by atoms with Gasteiger partial charge in [-0.15, -0.1) is 0 Å². The van der Waals surface area contributed by atoms with Crippen LogP contribution in [0.3, 0.4) is 0 Å². The first kappa shape index (κ1) is 10.2. The summed E-state index contributed by atoms with van der Waals surface area (Å²) < 4.78 is 2.44. The van der Waals surface area contributed by atoms with Gasteiger partial charge in [0.1, 0.15) is 0 Å². The average molecular weight is 318 g/mol. The zero-order valence-corrected chi connectivity index (χ0v) is 10.6. The molecule has 0 aliphatic heterocycles. The highest BCUT2D eigenvalue weighted by atomic mass is 127. The highest BCUT2D eigenvalue weighted by Gasteiger charge is 2.00. The molecule has 1 heterocycles. The zero-order chi connectivity index (χ0) is 9.80. The van der Waals surface area contributed by atoms with Gasteiger partial charge in [-0.2, -0.15) is 0 Å². The third-order valence-electron chi connectivity index (χ3n) is 1.88. The molecule has 2 aromatic rings. The lowest BCUT2D eigenvalue weighted by Gasteiger charge is -1.97. The molecular formula is C10H11IN2S. The molecule has 0 aliphatic rings. The standard InChI is InChI=1S/C10H11IN2S/c11-6-3-7-12-10-13-8-4-1-2-5-9(8)14-10/h1-2,4-5H,3,6-7H2,(H,12,13). The van der Waals surface area contributed by atoms with Crippen LogP contribution in [0.2, 0.25) is 0 Å². The van der Waals surface area contributed by atoms with Gasteiger partial charge in [0, 0.05) is 11.0 Å². The largest absolute Gasteiger partial charge is 0.361 e. The molecule has 0 atom stereocenters. The Balaban J connectivity index is 2.11. The molecule has 0 spiro atoms. The molecule has 14 heavy (non-hydrogen) atoms. The fourth-order valence-electron chi connectivity index (χ4n) is 1.21. The monoisotopic (exact) mass is 318 g/mol. The molecule has 0 saturated carbocycles. The van der Waals surface area contributed by atoms with Gasteiger partial charge in [-0.05, 0) is 18.6 Å². The minimum absolute atomic E-state index is 1.02. The Morgan fingerprint density at radius 2 is 2.21 bits per heavy atom. The van der Waals surface area contributed by atoms with Crippen molar-refractivity contribution in [1.29, 1.82) is 0 Å². The van der Waals surface area contributed by atoms with Crippen molar-refractivity contribution < 1.29 is 0 Å². The SMILES string of the molecule is ICCCNc1nc2ccccc2s1. The number of alkyl halides is 1. The van der Waals surface area contributed by atoms with Crippen LogP contribution >= 0.6 is 33.9 Å². The molecule has 0 saturated heterocycles. The fourth-order valence-corrected chi connectivity index (χ4v) is 2.48. The van der Waals surface area contributed by atoms with E-state index >= 15 is 0 Å². The molecule has 0 radical (unpaired) electrons. The van der Waals surface area contributed by atoms with Gasteiger partial charge in [0.2, 0.25) is 0 Å². The zero-order valence-electron chi connectivity index (χ0n) is 7.66. The summed E-state index contributed by atoms with van der Waals surface area (Å²) in [5.74, 6) is 0. The predicted molar refractivity (Wildman–Crippen MR) is 71.6 cm³/mol. The van der Waals surface area contributed by atoms with Gasteiger partial charge in [0.15, 0.2) is 5.13 Å². The molecule has 1 aromatic carbocycles. The Morgan fingerprint density at radius 3 is 3.00 bits per heavy atom. The third kappa shape index (κ3) is 2.36. The second-order valence-electron chi connectivity index (χ2n) is 2.96. The van der Waals surface area contributed by atoms with Gasteiger partial charge in [-0.25, -0.2) is 4.98 Å². The van der Waals surface area contributed by atoms with Crippen molar-refractivity contribution in [2.75, 3.05) is 16.3 Å². The molecule has 1 N–H and O–H groups in total. The molecule has 4 heteroatoms. The lowest BCUT2D eigenvalue weighted by molar-refractivity contribution is 1.00. The van der Waals surface area contributed by atoms with E-state index in [1.54, 1.807) is 11.3 Å². The number of para-hydroxylation sites is 1. The molecule has 2 rings (SSSR count). The number of hydrogen-bond acceptors (Lipinski definition) is 3. The van der Waals surface area contributed by atoms with E-state index in [-0.39, 0.29) is 0 Å². The summed E-state index contributed by atoms with van der Waals surface area (Å²) in [6, 6.07) is 8.23. The van der Waals surface area contributed by atoms with Crippen LogP contribution in [-0.4, -0.2) is 16.0 Å². The van der Waals surface area contributed by atoms with E-state index in [2.05, 4.69) is 51.1 Å². The summed E-state index contributed by atoms with van der Waals surface area (Å²) in [5, 5.41) is 4.38. The molecule has 0 bridgehead atoms. The molecular weight excluding hydrogens is 307 g/mol. The van der Waals surface area contributed by atoms with E-state index in [4.69, 9.17) is 0 Å². The van der Waals surface area contributed by atoms with Gasteiger partial charge >= 0.3 is 0 Å². The van der Waals surface area contributed by atoms with Crippen molar-refractivity contribution in [3.63, 3.8) is 0 Å². The van der Waals surface area contributed by atoms with Gasteiger partial charge in [0.25, 0.3) is 0 Å². The lowest BCUT2D eigenvalue weighted by atomic mass is 10.3. The fraction of sp³-hybridized carbons (Fsp3) is 0.300. The van der Waals surface area contributed by atoms with Crippen molar-refractivity contribution in [3.8, 4) is 0 Å². The summed E-state index contributed by atoms with van der Waals surface area (Å²) in [6.07, 6.45) is 1.19. The molecule has 2 nitrogen and oxygen atoms in total. The molecule has 0 amide bonds. The molecule has 1 aromatic heterocycles. The quantitative estimate of drug-likeness (QED) is 0.530. The van der Waals surface area contributed by atoms with Crippen molar-refractivity contribution in [2.24, 2.45) is 0 Å². The molecule has 0 aliphatic carbocycles. The van der Waals surface area contributed by atoms with E-state index in [1.807, 2.05) is 6.07 Å². The number of nitrogens with one attached hydrogen (secondary N) is 1. The Morgan fingerprint density at radius 1 is 1.36 bits per heavy atom. The normalized spacial score (nSPS) is 10.6. The summed E-state index contributed by atoms with van der Waals surface area (Å²) in [6.45, 7) is 1.02. The highest BCUT2D eigenvalue weighted by Crippen LogP contribution is 2.25. The van der Waals surface area contributed by atoms with Gasteiger partial charge in [-0.1, -0.05) is 46.1 Å². The number of hydrogen-bond donors (Lipinski definition) is 1. The van der Waals surface area contributed by atoms with Crippen LogP contribution in [0.1, 0.15) is 6.42 Å². The van der Waals surface area contributed by atoms with Gasteiger partial charge in [0.05, 0.1) is 10.2 Å². The first-order valence-electron chi connectivity index (χ1n) is 4.55. The maximum atomic E-state index is 4.49. The predicted octanol–water partition coefficient (Wildman–Crippen LogP) is 3.53. The van der Waals surface area contributed by atoms with E-state index in [9.17, 15) is 0 Å². The Labute approximate surface area is 101 Å². The number of anilines is 1. The van der Waals surface area contributed by atoms with Gasteiger partial charge in [-0.3, -0.25) is 0 Å². The minimum atomic E-state index is 1.02. The first-order chi connectivity index (χ1) is 6.90. The van der Waals surface area contributed by atoms with Crippen LogP contribution in [0.15, 0.2) is 24.3 Å². The molecule has 74 valence electrons. The average Bonchev–Trinajstić information content (AvgIpc) is 2.60. The smallest absolute Gasteiger partial charge is 0.183 e. The summed E-state index contributed by atoms with van der Waals surface area (Å²) >= 11 is 4.11. The second kappa shape index (κ2) is 4.93. The van der Waals surface area contributed by atoms with Crippen molar-refractivity contribution in [1.82, 2.24) is 4.98 Å². The maximum absolute atomic E-state index is 4.49. The number of thiazole rings is 1. The topological polar surface area (TPSA) is 24.9 Å². The Bertz CT molecular complexity index is 380. The van der Waals surface area contributed by atoms with Crippen LogP contribution in [0, 0.1) is 0 Å². The summed E-state index contributed by atoms with van der Waals surface area (Å²) in [4.78, 5) is 4.49. The number of fused-ring (bicyclic) bond motifs is 1. The van der Waals surface area contributed by atoms with Crippen LogP contribution in [0.4, 0.5) is 5.13 Å². The summed E-state index contributed by atoms with van der Waals surface area (Å²) in [5.41, 5.74) is 1.09. The number of rotatable bonds is 4. The maximum Gasteiger partial charge on any atom is 0.183 e. The number of halogens is 1. The van der Waals surface area contributed by atoms with E-state index in [1.165, 1.54) is 15.5 Å². The Hall–Kier alpha value is -0.360. The van der Waals surface area contributed by atoms with Crippen LogP contribution in [0.5, 0.6) is 0 Å². The number of nitrogens with zero attached hydrogens (tertiary/aromatic N) is 1. The van der Waals surface area contributed by atoms with E-state index in [0.717, 1.165) is 17.2 Å². The molecule has 0 unspecified atom stereocenters. The number of aromatic nitrogens is 1. The third-order valence-corrected chi connectivity index (χ3v) is 3.64. The summed E-state index contributed by atoms with van der Waals surface area (Å²) in [7, 11) is 0. The first-order valence-corrected chi connectivity index (χ1v) is 6.90. The van der Waals surface area contributed by atoms with Crippen LogP contribution in [-0.2, 0) is 0 Å². The Kier molecular flexibility index (Phi) is 3.58. The second-order valence-corrected chi connectivity index (χ2v) is 5.07. The highest BCUT2D eigenvalue weighted by molar-refractivity contribution is 14.1. The van der Waals surface area contributed by atoms with Crippen molar-refractivity contribution >= 4 is 49.3 Å². The van der Waals surface area contributed by atoms with E-state index < -0.39 is 0 Å². The lowest BCUT2D eigenvalue weighted by Crippen LogP contribution is -2.00. The van der Waals surface area contributed by atoms with Crippen LogP contribution in [0.25, 0.3) is 10.2 Å². The van der Waals surface area contributed by atoms with Crippen molar-refractivity contribution in [3.05, 3.63) is 24.3 Å². The molecule has 0 fully saturated rings. The van der Waals surface area contributed by atoms with Gasteiger partial charge < -0.3 is 5.32 Å². The van der Waals surface area contributed by atoms with Crippen molar-refractivity contribution in [2.45, 2.75) is 6.42 Å².